The minimum absolute atomic E-state index is 0.196. The molecule has 2 unspecified atom stereocenters. The smallest absolute Gasteiger partial charge is 0.318 e. The molecule has 0 radical (unpaired) electrons. The second-order valence-corrected chi connectivity index (χ2v) is 4.06. The molecule has 0 aliphatic carbocycles. The minimum Gasteiger partial charge on any atom is -0.481 e. The third-order valence-corrected chi connectivity index (χ3v) is 2.80. The van der Waals surface area contributed by atoms with Gasteiger partial charge in [0.1, 0.15) is 6.04 Å². The van der Waals surface area contributed by atoms with Gasteiger partial charge in [-0.1, -0.05) is 0 Å². The Hall–Kier alpha value is -1.79. The Morgan fingerprint density at radius 2 is 2.06 bits per heavy atom. The summed E-state index contributed by atoms with van der Waals surface area (Å²) in [6.45, 7) is 2.17. The molecule has 1 rings (SSSR count). The Labute approximate surface area is 99.2 Å². The van der Waals surface area contributed by atoms with E-state index in [4.69, 9.17) is 5.11 Å². The molecule has 1 fully saturated rings. The number of amides is 3. The predicted octanol–water partition coefficient (Wildman–Crippen LogP) is -0.763. The van der Waals surface area contributed by atoms with Crippen molar-refractivity contribution in [2.45, 2.75) is 19.4 Å². The van der Waals surface area contributed by atoms with Crippen LogP contribution >= 0.6 is 0 Å². The van der Waals surface area contributed by atoms with Crippen LogP contribution in [0.25, 0.3) is 0 Å². The summed E-state index contributed by atoms with van der Waals surface area (Å²) in [5.41, 5.74) is 0. The Kier molecular flexibility index (Phi) is 4.30. The lowest BCUT2D eigenvalue weighted by molar-refractivity contribution is -0.141. The molecular formula is C10H17N3O4. The summed E-state index contributed by atoms with van der Waals surface area (Å²) < 4.78 is 0. The number of carboxylic acids is 1. The van der Waals surface area contributed by atoms with Crippen LogP contribution in [-0.4, -0.2) is 54.1 Å². The first-order chi connectivity index (χ1) is 7.95. The van der Waals surface area contributed by atoms with Crippen LogP contribution in [0.2, 0.25) is 0 Å². The van der Waals surface area contributed by atoms with Crippen LogP contribution in [0.15, 0.2) is 0 Å². The maximum absolute atomic E-state index is 11.7. The van der Waals surface area contributed by atoms with Gasteiger partial charge in [0, 0.05) is 20.1 Å². The third kappa shape index (κ3) is 3.33. The van der Waals surface area contributed by atoms with E-state index in [9.17, 15) is 14.4 Å². The van der Waals surface area contributed by atoms with Crippen LogP contribution in [0, 0.1) is 5.92 Å². The van der Waals surface area contributed by atoms with Crippen LogP contribution in [0.4, 0.5) is 4.79 Å². The van der Waals surface area contributed by atoms with E-state index in [2.05, 4.69) is 10.6 Å². The van der Waals surface area contributed by atoms with Gasteiger partial charge in [-0.25, -0.2) is 4.79 Å². The van der Waals surface area contributed by atoms with Crippen molar-refractivity contribution in [1.82, 2.24) is 15.5 Å². The fraction of sp³-hybridized carbons (Fsp3) is 0.700. The number of likely N-dealkylation sites (N-methyl/N-ethyl adjacent to an activating group) is 1. The fourth-order valence-electron chi connectivity index (χ4n) is 1.70. The summed E-state index contributed by atoms with van der Waals surface area (Å²) in [5, 5.41) is 13.7. The van der Waals surface area contributed by atoms with Gasteiger partial charge in [-0.2, -0.15) is 0 Å². The number of carbonyl (C=O) groups excluding carboxylic acids is 2. The van der Waals surface area contributed by atoms with Crippen molar-refractivity contribution in [1.29, 1.82) is 0 Å². The molecule has 0 saturated carbocycles. The molecule has 0 aromatic rings. The zero-order chi connectivity index (χ0) is 13.0. The Morgan fingerprint density at radius 3 is 2.53 bits per heavy atom. The van der Waals surface area contributed by atoms with Crippen molar-refractivity contribution < 1.29 is 19.5 Å². The van der Waals surface area contributed by atoms with Gasteiger partial charge >= 0.3 is 12.0 Å². The number of nitrogens with one attached hydrogen (secondary N) is 2. The van der Waals surface area contributed by atoms with Crippen molar-refractivity contribution in [2.24, 2.45) is 5.92 Å². The first-order valence-corrected chi connectivity index (χ1v) is 5.45. The van der Waals surface area contributed by atoms with Crippen molar-refractivity contribution in [3.8, 4) is 0 Å². The SMILES string of the molecule is CNC(=O)C(C)NC(=O)N1CCC(C(=O)O)C1. The lowest BCUT2D eigenvalue weighted by atomic mass is 10.1. The molecular weight excluding hydrogens is 226 g/mol. The largest absolute Gasteiger partial charge is 0.481 e. The van der Waals surface area contributed by atoms with Crippen LogP contribution in [0.1, 0.15) is 13.3 Å². The number of nitrogens with zero attached hydrogens (tertiary/aromatic N) is 1. The number of carbonyl (C=O) groups is 3. The molecule has 3 N–H and O–H groups in total. The van der Waals surface area contributed by atoms with Crippen LogP contribution in [0.3, 0.4) is 0 Å². The highest BCUT2D eigenvalue weighted by molar-refractivity contribution is 5.86. The van der Waals surface area contributed by atoms with Gasteiger partial charge in [0.25, 0.3) is 0 Å². The Morgan fingerprint density at radius 1 is 1.41 bits per heavy atom. The topological polar surface area (TPSA) is 98.7 Å². The predicted molar refractivity (Wildman–Crippen MR) is 59.4 cm³/mol. The number of rotatable bonds is 3. The van der Waals surface area contributed by atoms with E-state index in [0.717, 1.165) is 0 Å². The van der Waals surface area contributed by atoms with Crippen LogP contribution < -0.4 is 10.6 Å². The van der Waals surface area contributed by atoms with Gasteiger partial charge in [0.2, 0.25) is 5.91 Å². The molecule has 96 valence electrons. The Balaban J connectivity index is 2.45. The van der Waals surface area contributed by atoms with E-state index < -0.39 is 24.0 Å². The lowest BCUT2D eigenvalue weighted by Crippen LogP contribution is -2.48. The first kappa shape index (κ1) is 13.3. The highest BCUT2D eigenvalue weighted by Crippen LogP contribution is 2.16. The highest BCUT2D eigenvalue weighted by atomic mass is 16.4. The van der Waals surface area contributed by atoms with E-state index in [1.165, 1.54) is 11.9 Å². The van der Waals surface area contributed by atoms with Gasteiger partial charge in [-0.3, -0.25) is 9.59 Å². The standard InChI is InChI=1S/C10H17N3O4/c1-6(8(14)11-2)12-10(17)13-4-3-7(5-13)9(15)16/h6-7H,3-5H2,1-2H3,(H,11,14)(H,12,17)(H,15,16). The molecule has 0 bridgehead atoms. The zero-order valence-electron chi connectivity index (χ0n) is 9.90. The average molecular weight is 243 g/mol. The molecule has 0 aromatic heterocycles. The van der Waals surface area contributed by atoms with Crippen molar-refractivity contribution in [2.75, 3.05) is 20.1 Å². The molecule has 1 heterocycles. The van der Waals surface area contributed by atoms with E-state index in [1.54, 1.807) is 6.92 Å². The maximum atomic E-state index is 11.7. The quantitative estimate of drug-likeness (QED) is 0.606. The molecule has 7 nitrogen and oxygen atoms in total. The maximum Gasteiger partial charge on any atom is 0.318 e. The molecule has 0 aromatic carbocycles. The van der Waals surface area contributed by atoms with Gasteiger partial charge in [0.15, 0.2) is 0 Å². The van der Waals surface area contributed by atoms with Gasteiger partial charge in [-0.15, -0.1) is 0 Å². The van der Waals surface area contributed by atoms with Crippen molar-refractivity contribution in [3.05, 3.63) is 0 Å². The van der Waals surface area contributed by atoms with E-state index in [-0.39, 0.29) is 12.5 Å². The fourth-order valence-corrected chi connectivity index (χ4v) is 1.70. The molecule has 17 heavy (non-hydrogen) atoms. The number of hydrogen-bond acceptors (Lipinski definition) is 3. The van der Waals surface area contributed by atoms with E-state index in [1.807, 2.05) is 0 Å². The van der Waals surface area contributed by atoms with Crippen LogP contribution in [0.5, 0.6) is 0 Å². The second-order valence-electron chi connectivity index (χ2n) is 4.06. The van der Waals surface area contributed by atoms with E-state index >= 15 is 0 Å². The van der Waals surface area contributed by atoms with Crippen LogP contribution in [-0.2, 0) is 9.59 Å². The molecule has 1 aliphatic heterocycles. The summed E-state index contributed by atoms with van der Waals surface area (Å²) in [4.78, 5) is 35.0. The summed E-state index contributed by atoms with van der Waals surface area (Å²) in [5.74, 6) is -1.68. The molecule has 1 aliphatic rings. The van der Waals surface area contributed by atoms with Gasteiger partial charge < -0.3 is 20.6 Å². The number of aliphatic carboxylic acids is 1. The normalized spacial score (nSPS) is 20.8. The summed E-state index contributed by atoms with van der Waals surface area (Å²) >= 11 is 0. The third-order valence-electron chi connectivity index (χ3n) is 2.80. The number of carboxylic acid groups (broad SMARTS) is 1. The molecule has 3 amide bonds. The van der Waals surface area contributed by atoms with Gasteiger partial charge in [-0.05, 0) is 13.3 Å². The van der Waals surface area contributed by atoms with Crippen molar-refractivity contribution >= 4 is 17.9 Å². The van der Waals surface area contributed by atoms with E-state index in [0.29, 0.717) is 13.0 Å². The lowest BCUT2D eigenvalue weighted by Gasteiger charge is -2.19. The summed E-state index contributed by atoms with van der Waals surface area (Å²) in [7, 11) is 1.49. The molecule has 1 saturated heterocycles. The molecule has 7 heteroatoms. The number of hydrogen-bond donors (Lipinski definition) is 3. The summed E-state index contributed by atoms with van der Waals surface area (Å²) in [6.07, 6.45) is 0.455. The van der Waals surface area contributed by atoms with Crippen molar-refractivity contribution in [3.63, 3.8) is 0 Å². The highest BCUT2D eigenvalue weighted by Gasteiger charge is 2.31. The number of likely N-dealkylation sites (tertiary alicyclic amines) is 1. The van der Waals surface area contributed by atoms with Gasteiger partial charge in [0.05, 0.1) is 5.92 Å². The monoisotopic (exact) mass is 243 g/mol. The zero-order valence-corrected chi connectivity index (χ0v) is 9.90. The summed E-state index contributed by atoms with van der Waals surface area (Å²) in [6, 6.07) is -1.03. The Bertz CT molecular complexity index is 332. The minimum atomic E-state index is -0.889. The second kappa shape index (κ2) is 5.51. The molecule has 2 atom stereocenters. The first-order valence-electron chi connectivity index (χ1n) is 5.45. The average Bonchev–Trinajstić information content (AvgIpc) is 2.77. The number of urea groups is 1. The molecule has 0 spiro atoms.